The molecule has 0 radical (unpaired) electrons. The molecule has 0 bridgehead atoms. The van der Waals surface area contributed by atoms with Gasteiger partial charge in [-0.1, -0.05) is 35.9 Å². The van der Waals surface area contributed by atoms with Crippen LogP contribution < -0.4 is 24.8 Å². The minimum absolute atomic E-state index is 0.000413. The number of aryl methyl sites for hydroxylation is 2. The Morgan fingerprint density at radius 1 is 0.853 bits per heavy atom. The number of halogens is 3. The number of nitrogens with one attached hydrogen (secondary N) is 2. The fourth-order valence-corrected chi connectivity index (χ4v) is 11.0. The standard InChI is InChI=1S/C55H53ClF2N6O10S/c1-32-6-9-45(62-53(69)54(16-17-54)36-7-8-43-44(28-36)74-55(57,58)73-43)61-49(32)34-4-3-5-35(27-34)52(68)60-19-23-71-25-24-70-22-15-46(65)63-20-13-38(14-21-63)72-50-33(2)26-37(56)29-41(50)40-12-18-59-42-30-39(75-51(40)42)31-64-47(66)10-11-48(64)67/h3-9,12,18,26-30,38H,10-11,13-17,19-25,31H2,1-2H3,(H,60,68)(H,61,62,69). The molecule has 20 heteroatoms. The first-order chi connectivity index (χ1) is 36.1. The number of ether oxygens (including phenoxy) is 5. The van der Waals surface area contributed by atoms with Gasteiger partial charge in [0.1, 0.15) is 17.7 Å². The molecule has 10 rings (SSSR count). The van der Waals surface area contributed by atoms with Crippen LogP contribution in [-0.4, -0.2) is 108 Å². The lowest BCUT2D eigenvalue weighted by atomic mass is 9.94. The van der Waals surface area contributed by atoms with E-state index in [1.807, 2.05) is 55.1 Å². The first-order valence-electron chi connectivity index (χ1n) is 24.8. The van der Waals surface area contributed by atoms with Gasteiger partial charge in [0, 0.05) is 83.7 Å². The number of benzene rings is 3. The van der Waals surface area contributed by atoms with Crippen LogP contribution in [0.5, 0.6) is 17.2 Å². The number of rotatable bonds is 19. The molecule has 6 heterocycles. The Labute approximate surface area is 439 Å². The maximum atomic E-state index is 13.6. The van der Waals surface area contributed by atoms with Gasteiger partial charge in [0.05, 0.1) is 60.7 Å². The van der Waals surface area contributed by atoms with E-state index in [4.69, 9.17) is 30.8 Å². The highest BCUT2D eigenvalue weighted by molar-refractivity contribution is 7.19. The summed E-state index contributed by atoms with van der Waals surface area (Å²) in [5, 5.41) is 6.33. The Hall–Kier alpha value is -7.06. The number of amides is 5. The van der Waals surface area contributed by atoms with Gasteiger partial charge in [0.25, 0.3) is 5.91 Å². The number of pyridine rings is 2. The zero-order valence-corrected chi connectivity index (χ0v) is 42.8. The fourth-order valence-electron chi connectivity index (χ4n) is 9.64. The summed E-state index contributed by atoms with van der Waals surface area (Å²) in [5.74, 6) is -0.136. The summed E-state index contributed by atoms with van der Waals surface area (Å²) < 4.78 is 55.4. The van der Waals surface area contributed by atoms with Gasteiger partial charge in [-0.05, 0) is 98.0 Å². The third-order valence-corrected chi connectivity index (χ3v) is 15.1. The molecule has 390 valence electrons. The Balaban J connectivity index is 0.633. The van der Waals surface area contributed by atoms with Crippen molar-refractivity contribution in [2.24, 2.45) is 0 Å². The molecule has 5 amide bonds. The van der Waals surface area contributed by atoms with E-state index in [1.54, 1.807) is 36.5 Å². The lowest BCUT2D eigenvalue weighted by Crippen LogP contribution is -2.42. The van der Waals surface area contributed by atoms with Crippen LogP contribution in [-0.2, 0) is 40.6 Å². The molecule has 4 aliphatic rings. The van der Waals surface area contributed by atoms with E-state index in [9.17, 15) is 32.8 Å². The molecular formula is C55H53ClF2N6O10S. The number of anilines is 1. The minimum atomic E-state index is -3.76. The van der Waals surface area contributed by atoms with Crippen LogP contribution in [0.25, 0.3) is 32.6 Å². The fraction of sp³-hybridized carbons (Fsp3) is 0.364. The van der Waals surface area contributed by atoms with Gasteiger partial charge in [-0.3, -0.25) is 33.9 Å². The largest absolute Gasteiger partial charge is 0.586 e. The van der Waals surface area contributed by atoms with E-state index in [2.05, 4.69) is 25.1 Å². The topological polar surface area (TPSA) is 188 Å². The smallest absolute Gasteiger partial charge is 0.489 e. The van der Waals surface area contributed by atoms with Crippen molar-refractivity contribution in [3.8, 4) is 39.6 Å². The molecule has 6 aromatic rings. The van der Waals surface area contributed by atoms with Crippen molar-refractivity contribution in [2.75, 3.05) is 51.4 Å². The van der Waals surface area contributed by atoms with E-state index in [1.165, 1.54) is 28.4 Å². The Bertz CT molecular complexity index is 3200. The van der Waals surface area contributed by atoms with Crippen LogP contribution in [0.4, 0.5) is 14.6 Å². The molecule has 1 saturated carbocycles. The van der Waals surface area contributed by atoms with Crippen LogP contribution in [0.2, 0.25) is 5.02 Å². The Morgan fingerprint density at radius 3 is 2.39 bits per heavy atom. The van der Waals surface area contributed by atoms with Crippen molar-refractivity contribution in [1.29, 1.82) is 0 Å². The zero-order valence-electron chi connectivity index (χ0n) is 41.2. The SMILES string of the molecule is Cc1ccc(NC(=O)C2(c3ccc4c(c3)OC(F)(F)O4)CC2)nc1-c1cccc(C(=O)NCCOCCOCCC(=O)N2CCC(Oc3c(C)cc(Cl)cc3-c3ccnc4cc(CN5C(=O)CCC5=O)sc34)CC2)c1. The molecule has 0 atom stereocenters. The number of carbonyl (C=O) groups is 5. The number of piperidine rings is 1. The van der Waals surface area contributed by atoms with Crippen LogP contribution in [0.15, 0.2) is 85.1 Å². The average Bonchev–Trinajstić information content (AvgIpc) is 3.88. The number of carbonyl (C=O) groups excluding carboxylic acids is 5. The quantitative estimate of drug-likeness (QED) is 0.0579. The van der Waals surface area contributed by atoms with Crippen LogP contribution >= 0.6 is 22.9 Å². The number of aromatic nitrogens is 2. The third kappa shape index (κ3) is 11.5. The second-order valence-corrected chi connectivity index (χ2v) is 20.6. The predicted molar refractivity (Wildman–Crippen MR) is 275 cm³/mol. The average molecular weight is 1060 g/mol. The van der Waals surface area contributed by atoms with Crippen molar-refractivity contribution in [3.05, 3.63) is 117 Å². The van der Waals surface area contributed by atoms with Crippen molar-refractivity contribution in [3.63, 3.8) is 0 Å². The molecule has 0 spiro atoms. The number of alkyl halides is 2. The van der Waals surface area contributed by atoms with Crippen molar-refractivity contribution >= 4 is 68.5 Å². The molecule has 3 aromatic carbocycles. The van der Waals surface area contributed by atoms with Gasteiger partial charge in [0.2, 0.25) is 23.6 Å². The van der Waals surface area contributed by atoms with E-state index >= 15 is 0 Å². The number of hydrogen-bond acceptors (Lipinski definition) is 13. The summed E-state index contributed by atoms with van der Waals surface area (Å²) in [6.45, 7) is 6.44. The van der Waals surface area contributed by atoms with E-state index in [0.29, 0.717) is 77.7 Å². The molecule has 3 aromatic heterocycles. The van der Waals surface area contributed by atoms with Crippen molar-refractivity contribution in [1.82, 2.24) is 25.1 Å². The van der Waals surface area contributed by atoms with Crippen molar-refractivity contribution in [2.45, 2.75) is 83.2 Å². The summed E-state index contributed by atoms with van der Waals surface area (Å²) in [6.07, 6.45) is 0.893. The molecule has 2 N–H and O–H groups in total. The summed E-state index contributed by atoms with van der Waals surface area (Å²) in [6, 6.07) is 22.5. The van der Waals surface area contributed by atoms with Crippen molar-refractivity contribution < 1.29 is 56.4 Å². The second kappa shape index (κ2) is 21.7. The molecule has 3 aliphatic heterocycles. The maximum Gasteiger partial charge on any atom is 0.586 e. The number of hydrogen-bond donors (Lipinski definition) is 2. The summed E-state index contributed by atoms with van der Waals surface area (Å²) in [5.41, 5.74) is 5.47. The number of imide groups is 1. The monoisotopic (exact) mass is 1060 g/mol. The van der Waals surface area contributed by atoms with Gasteiger partial charge >= 0.3 is 6.29 Å². The van der Waals surface area contributed by atoms with Gasteiger partial charge in [-0.15, -0.1) is 20.1 Å². The van der Waals surface area contributed by atoms with Crippen LogP contribution in [0.1, 0.15) is 76.9 Å². The molecule has 75 heavy (non-hydrogen) atoms. The van der Waals surface area contributed by atoms with Gasteiger partial charge in [-0.2, -0.15) is 0 Å². The number of thiophene rings is 1. The van der Waals surface area contributed by atoms with Crippen LogP contribution in [0.3, 0.4) is 0 Å². The predicted octanol–water partition coefficient (Wildman–Crippen LogP) is 9.16. The molecule has 2 saturated heterocycles. The van der Waals surface area contributed by atoms with E-state index in [-0.39, 0.29) is 106 Å². The summed E-state index contributed by atoms with van der Waals surface area (Å²) in [4.78, 5) is 77.8. The first kappa shape index (κ1) is 51.4. The van der Waals surface area contributed by atoms with Gasteiger partial charge in [-0.25, -0.2) is 4.98 Å². The molecular weight excluding hydrogens is 1010 g/mol. The highest BCUT2D eigenvalue weighted by atomic mass is 35.5. The molecule has 16 nitrogen and oxygen atoms in total. The van der Waals surface area contributed by atoms with E-state index in [0.717, 1.165) is 37.3 Å². The second-order valence-electron chi connectivity index (χ2n) is 19.0. The Morgan fingerprint density at radius 2 is 1.61 bits per heavy atom. The first-order valence-corrected chi connectivity index (χ1v) is 26.0. The number of likely N-dealkylation sites (tertiary alicyclic amines) is 2. The number of nitrogens with zero attached hydrogens (tertiary/aromatic N) is 4. The number of fused-ring (bicyclic) bond motifs is 2. The molecule has 1 aliphatic carbocycles. The summed E-state index contributed by atoms with van der Waals surface area (Å²) in [7, 11) is 0. The Kier molecular flexibility index (Phi) is 14.8. The van der Waals surface area contributed by atoms with Crippen LogP contribution in [0, 0.1) is 13.8 Å². The normalized spacial score (nSPS) is 16.7. The highest BCUT2D eigenvalue weighted by Crippen LogP contribution is 2.52. The highest BCUT2D eigenvalue weighted by Gasteiger charge is 2.53. The maximum absolute atomic E-state index is 13.6. The van der Waals surface area contributed by atoms with Gasteiger partial charge < -0.3 is 39.2 Å². The summed E-state index contributed by atoms with van der Waals surface area (Å²) >= 11 is 8.10. The molecule has 0 unspecified atom stereocenters. The molecule has 3 fully saturated rings. The van der Waals surface area contributed by atoms with Gasteiger partial charge in [0.15, 0.2) is 11.5 Å². The third-order valence-electron chi connectivity index (χ3n) is 13.8. The minimum Gasteiger partial charge on any atom is -0.489 e. The zero-order chi connectivity index (χ0) is 52.4. The lowest BCUT2D eigenvalue weighted by Gasteiger charge is -2.33. The lowest BCUT2D eigenvalue weighted by molar-refractivity contribution is -0.286. The van der Waals surface area contributed by atoms with E-state index < -0.39 is 11.7 Å².